The molecule has 3 rings (SSSR count). The van der Waals surface area contributed by atoms with Crippen LogP contribution in [0.4, 0.5) is 0 Å². The molecule has 1 atom stereocenters. The number of ketones is 1. The van der Waals surface area contributed by atoms with E-state index < -0.39 is 9.84 Å². The highest BCUT2D eigenvalue weighted by molar-refractivity contribution is 7.90. The third-order valence-corrected chi connectivity index (χ3v) is 7.67. The SMILES string of the molecule is C=CCC(C)CCC(=O)CCc1ccc(S(=O)(=O)Cc2ccc3c(c2)CN(C)C3)cc1. The maximum atomic E-state index is 12.9. The molecule has 4 nitrogen and oxygen atoms in total. The van der Waals surface area contributed by atoms with Crippen LogP contribution in [0.15, 0.2) is 60.0 Å². The predicted molar refractivity (Wildman–Crippen MR) is 125 cm³/mol. The van der Waals surface area contributed by atoms with Gasteiger partial charge < -0.3 is 0 Å². The normalized spacial score (nSPS) is 14.9. The molecule has 0 fully saturated rings. The van der Waals surface area contributed by atoms with Crippen LogP contribution in [0, 0.1) is 5.92 Å². The zero-order chi connectivity index (χ0) is 22.4. The van der Waals surface area contributed by atoms with Gasteiger partial charge in [-0.25, -0.2) is 8.42 Å². The number of benzene rings is 2. The van der Waals surface area contributed by atoms with E-state index in [1.165, 1.54) is 11.1 Å². The molecule has 0 aliphatic carbocycles. The lowest BCUT2D eigenvalue weighted by molar-refractivity contribution is -0.119. The molecule has 1 heterocycles. The van der Waals surface area contributed by atoms with Crippen LogP contribution in [0.2, 0.25) is 0 Å². The Morgan fingerprint density at radius 2 is 1.74 bits per heavy atom. The standard InChI is InChI=1S/C26H33NO3S/c1-4-5-20(2)6-12-25(28)13-8-21-9-14-26(15-10-21)31(29,30)19-22-7-11-23-17-27(3)18-24(23)16-22/h4,7,9-11,14-16,20H,1,5-6,8,12-13,17-19H2,2-3H3. The first kappa shape index (κ1) is 23.4. The first-order chi connectivity index (χ1) is 14.8. The molecular formula is C26H33NO3S. The zero-order valence-electron chi connectivity index (χ0n) is 18.6. The number of allylic oxidation sites excluding steroid dienone is 1. The molecule has 0 N–H and O–H groups in total. The highest BCUT2D eigenvalue weighted by atomic mass is 32.2. The van der Waals surface area contributed by atoms with Gasteiger partial charge in [0.1, 0.15) is 5.78 Å². The topological polar surface area (TPSA) is 54.5 Å². The van der Waals surface area contributed by atoms with Crippen molar-refractivity contribution in [2.24, 2.45) is 5.92 Å². The van der Waals surface area contributed by atoms with Gasteiger partial charge in [-0.3, -0.25) is 9.69 Å². The van der Waals surface area contributed by atoms with Gasteiger partial charge in [0.05, 0.1) is 10.6 Å². The first-order valence-electron chi connectivity index (χ1n) is 11.0. The maximum Gasteiger partial charge on any atom is 0.182 e. The molecule has 0 radical (unpaired) electrons. The third-order valence-electron chi connectivity index (χ3n) is 5.97. The van der Waals surface area contributed by atoms with Crippen LogP contribution < -0.4 is 0 Å². The van der Waals surface area contributed by atoms with Gasteiger partial charge in [-0.2, -0.15) is 0 Å². The second-order valence-electron chi connectivity index (χ2n) is 8.89. The van der Waals surface area contributed by atoms with Crippen molar-refractivity contribution in [1.29, 1.82) is 0 Å². The number of aryl methyl sites for hydroxylation is 1. The van der Waals surface area contributed by atoms with E-state index in [9.17, 15) is 13.2 Å². The number of fused-ring (bicyclic) bond motifs is 1. The van der Waals surface area contributed by atoms with Crippen molar-refractivity contribution in [2.45, 2.75) is 62.8 Å². The van der Waals surface area contributed by atoms with Gasteiger partial charge in [-0.1, -0.05) is 43.3 Å². The molecule has 0 saturated carbocycles. The van der Waals surface area contributed by atoms with Crippen molar-refractivity contribution in [3.63, 3.8) is 0 Å². The van der Waals surface area contributed by atoms with Crippen LogP contribution in [-0.4, -0.2) is 26.1 Å². The number of Topliss-reactive ketones (excluding diaryl/α,β-unsaturated/α-hetero) is 1. The average molecular weight is 440 g/mol. The van der Waals surface area contributed by atoms with E-state index in [2.05, 4.69) is 25.5 Å². The molecule has 1 aliphatic rings. The van der Waals surface area contributed by atoms with E-state index in [-0.39, 0.29) is 11.5 Å². The van der Waals surface area contributed by atoms with E-state index in [1.54, 1.807) is 12.1 Å². The summed E-state index contributed by atoms with van der Waals surface area (Å²) in [5, 5.41) is 0. The summed E-state index contributed by atoms with van der Waals surface area (Å²) in [5.41, 5.74) is 4.31. The van der Waals surface area contributed by atoms with Crippen LogP contribution in [0.1, 0.15) is 54.9 Å². The second-order valence-corrected chi connectivity index (χ2v) is 10.9. The summed E-state index contributed by atoms with van der Waals surface area (Å²) in [6, 6.07) is 13.0. The van der Waals surface area contributed by atoms with E-state index >= 15 is 0 Å². The Kier molecular flexibility index (Phi) is 7.84. The Balaban J connectivity index is 1.55. The molecule has 166 valence electrons. The van der Waals surface area contributed by atoms with Crippen LogP contribution in [0.3, 0.4) is 0 Å². The lowest BCUT2D eigenvalue weighted by Crippen LogP contribution is -2.07. The van der Waals surface area contributed by atoms with Crippen molar-refractivity contribution in [3.8, 4) is 0 Å². The lowest BCUT2D eigenvalue weighted by Gasteiger charge is -2.09. The van der Waals surface area contributed by atoms with E-state index in [1.807, 2.05) is 36.4 Å². The molecule has 0 spiro atoms. The summed E-state index contributed by atoms with van der Waals surface area (Å²) in [5.74, 6) is 0.748. The van der Waals surface area contributed by atoms with Gasteiger partial charge in [0.25, 0.3) is 0 Å². The lowest BCUT2D eigenvalue weighted by atomic mass is 9.98. The summed E-state index contributed by atoms with van der Waals surface area (Å²) in [6.07, 6.45) is 5.46. The Morgan fingerprint density at radius 1 is 1.06 bits per heavy atom. The first-order valence-corrected chi connectivity index (χ1v) is 12.7. The fourth-order valence-electron chi connectivity index (χ4n) is 4.09. The van der Waals surface area contributed by atoms with Crippen molar-refractivity contribution >= 4 is 15.6 Å². The highest BCUT2D eigenvalue weighted by Crippen LogP contribution is 2.25. The van der Waals surface area contributed by atoms with Crippen LogP contribution in [0.5, 0.6) is 0 Å². The van der Waals surface area contributed by atoms with Crippen LogP contribution in [0.25, 0.3) is 0 Å². The molecule has 0 aromatic heterocycles. The summed E-state index contributed by atoms with van der Waals surface area (Å²) >= 11 is 0. The second kappa shape index (κ2) is 10.4. The predicted octanol–water partition coefficient (Wildman–Crippen LogP) is 5.10. The molecule has 0 bridgehead atoms. The van der Waals surface area contributed by atoms with E-state index in [4.69, 9.17) is 0 Å². The third kappa shape index (κ3) is 6.62. The number of nitrogens with zero attached hydrogens (tertiary/aromatic N) is 1. The van der Waals surface area contributed by atoms with Crippen molar-refractivity contribution in [3.05, 3.63) is 77.4 Å². The molecule has 1 aliphatic heterocycles. The van der Waals surface area contributed by atoms with E-state index in [0.717, 1.165) is 37.1 Å². The van der Waals surface area contributed by atoms with Crippen molar-refractivity contribution < 1.29 is 13.2 Å². The molecule has 2 aromatic carbocycles. The Labute approximate surface area is 186 Å². The monoisotopic (exact) mass is 439 g/mol. The number of hydrogen-bond donors (Lipinski definition) is 0. The quantitative estimate of drug-likeness (QED) is 0.457. The largest absolute Gasteiger partial charge is 0.300 e. The van der Waals surface area contributed by atoms with E-state index in [0.29, 0.717) is 30.1 Å². The number of carbonyl (C=O) groups is 1. The Hall–Kier alpha value is -2.24. The minimum absolute atomic E-state index is 0.00468. The maximum absolute atomic E-state index is 12.9. The summed E-state index contributed by atoms with van der Waals surface area (Å²) in [7, 11) is -1.34. The average Bonchev–Trinajstić information content (AvgIpc) is 3.10. The van der Waals surface area contributed by atoms with Gasteiger partial charge in [-0.15, -0.1) is 6.58 Å². The fraction of sp³-hybridized carbons (Fsp3) is 0.423. The molecule has 1 unspecified atom stereocenters. The number of carbonyl (C=O) groups excluding carboxylic acids is 1. The molecule has 2 aromatic rings. The van der Waals surface area contributed by atoms with Gasteiger partial charge in [0, 0.05) is 25.9 Å². The van der Waals surface area contributed by atoms with Gasteiger partial charge in [-0.05, 0) is 66.6 Å². The smallest absolute Gasteiger partial charge is 0.182 e. The molecule has 5 heteroatoms. The van der Waals surface area contributed by atoms with Crippen molar-refractivity contribution in [2.75, 3.05) is 7.05 Å². The number of sulfone groups is 1. The van der Waals surface area contributed by atoms with Gasteiger partial charge in [0.2, 0.25) is 0 Å². The summed E-state index contributed by atoms with van der Waals surface area (Å²) in [6.45, 7) is 7.65. The minimum atomic E-state index is -3.40. The number of hydrogen-bond acceptors (Lipinski definition) is 4. The molecule has 31 heavy (non-hydrogen) atoms. The fourth-order valence-corrected chi connectivity index (χ4v) is 5.43. The van der Waals surface area contributed by atoms with Crippen molar-refractivity contribution in [1.82, 2.24) is 4.90 Å². The summed E-state index contributed by atoms with van der Waals surface area (Å²) in [4.78, 5) is 14.7. The van der Waals surface area contributed by atoms with Crippen LogP contribution in [-0.2, 0) is 39.9 Å². The zero-order valence-corrected chi connectivity index (χ0v) is 19.5. The van der Waals surface area contributed by atoms with Gasteiger partial charge >= 0.3 is 0 Å². The van der Waals surface area contributed by atoms with Gasteiger partial charge in [0.15, 0.2) is 9.84 Å². The molecular weight excluding hydrogens is 406 g/mol. The summed E-state index contributed by atoms with van der Waals surface area (Å²) < 4.78 is 25.7. The minimum Gasteiger partial charge on any atom is -0.300 e. The number of rotatable bonds is 11. The Bertz CT molecular complexity index is 1030. The Morgan fingerprint density at radius 3 is 2.45 bits per heavy atom. The molecule has 0 amide bonds. The highest BCUT2D eigenvalue weighted by Gasteiger charge is 2.19. The van der Waals surface area contributed by atoms with Crippen LogP contribution >= 0.6 is 0 Å². The molecule has 0 saturated heterocycles.